The topological polar surface area (TPSA) is 75.7 Å². The Morgan fingerprint density at radius 2 is 1.85 bits per heavy atom. The first-order valence-electron chi connectivity index (χ1n) is 9.11. The van der Waals surface area contributed by atoms with Crippen LogP contribution < -0.4 is 10.1 Å². The minimum absolute atomic E-state index is 0.159. The van der Waals surface area contributed by atoms with Crippen molar-refractivity contribution in [2.75, 3.05) is 19.7 Å². The first-order chi connectivity index (χ1) is 13.0. The highest BCUT2D eigenvalue weighted by atomic mass is 32.2. The normalized spacial score (nSPS) is 14.9. The Bertz CT molecular complexity index is 906. The van der Waals surface area contributed by atoms with Crippen LogP contribution in [0, 0.1) is 0 Å². The Balaban J connectivity index is 1.73. The zero-order valence-corrected chi connectivity index (χ0v) is 16.2. The van der Waals surface area contributed by atoms with Gasteiger partial charge in [0.15, 0.2) is 0 Å². The van der Waals surface area contributed by atoms with Gasteiger partial charge in [0.05, 0.1) is 11.5 Å². The Morgan fingerprint density at radius 3 is 2.59 bits per heavy atom. The molecule has 2 aromatic rings. The summed E-state index contributed by atoms with van der Waals surface area (Å²) in [4.78, 5) is 12.7. The summed E-state index contributed by atoms with van der Waals surface area (Å²) in [5.41, 5.74) is 1.19. The van der Waals surface area contributed by atoms with E-state index in [0.29, 0.717) is 31.8 Å². The minimum atomic E-state index is -3.54. The summed E-state index contributed by atoms with van der Waals surface area (Å²) in [5.74, 6) is 0.408. The molecule has 0 aliphatic carbocycles. The summed E-state index contributed by atoms with van der Waals surface area (Å²) >= 11 is 0. The fourth-order valence-corrected chi connectivity index (χ4v) is 4.66. The van der Waals surface area contributed by atoms with Gasteiger partial charge in [0.2, 0.25) is 10.0 Å². The summed E-state index contributed by atoms with van der Waals surface area (Å²) < 4.78 is 32.4. The number of benzene rings is 2. The smallest absolute Gasteiger partial charge is 0.251 e. The van der Waals surface area contributed by atoms with Gasteiger partial charge in [-0.05, 0) is 44.0 Å². The van der Waals surface area contributed by atoms with Gasteiger partial charge in [-0.2, -0.15) is 4.31 Å². The van der Waals surface area contributed by atoms with E-state index >= 15 is 0 Å². The minimum Gasteiger partial charge on any atom is -0.494 e. The second-order valence-electron chi connectivity index (χ2n) is 6.36. The van der Waals surface area contributed by atoms with Crippen molar-refractivity contribution in [3.8, 4) is 5.75 Å². The van der Waals surface area contributed by atoms with Crippen LogP contribution in [0.2, 0.25) is 0 Å². The molecule has 0 spiro atoms. The molecule has 7 heteroatoms. The molecule has 27 heavy (non-hydrogen) atoms. The fourth-order valence-electron chi connectivity index (χ4n) is 3.10. The lowest BCUT2D eigenvalue weighted by Crippen LogP contribution is -2.28. The molecule has 0 saturated carbocycles. The number of carbonyl (C=O) groups is 1. The zero-order chi connectivity index (χ0) is 19.3. The van der Waals surface area contributed by atoms with Gasteiger partial charge in [0.1, 0.15) is 5.75 Å². The molecule has 1 aliphatic heterocycles. The van der Waals surface area contributed by atoms with E-state index in [1.54, 1.807) is 12.1 Å². The predicted molar refractivity (Wildman–Crippen MR) is 103 cm³/mol. The predicted octanol–water partition coefficient (Wildman–Crippen LogP) is 2.80. The number of carbonyl (C=O) groups excluding carboxylic acids is 1. The van der Waals surface area contributed by atoms with Crippen molar-refractivity contribution in [1.82, 2.24) is 9.62 Å². The van der Waals surface area contributed by atoms with Gasteiger partial charge in [-0.15, -0.1) is 0 Å². The molecule has 1 aliphatic rings. The molecule has 1 saturated heterocycles. The lowest BCUT2D eigenvalue weighted by atomic mass is 10.1. The lowest BCUT2D eigenvalue weighted by Gasteiger charge is -2.16. The molecule has 0 unspecified atom stereocenters. The van der Waals surface area contributed by atoms with Crippen molar-refractivity contribution in [2.45, 2.75) is 31.2 Å². The van der Waals surface area contributed by atoms with E-state index in [2.05, 4.69) is 5.32 Å². The van der Waals surface area contributed by atoms with E-state index in [4.69, 9.17) is 4.74 Å². The molecule has 1 fully saturated rings. The zero-order valence-electron chi connectivity index (χ0n) is 15.3. The van der Waals surface area contributed by atoms with E-state index in [9.17, 15) is 13.2 Å². The van der Waals surface area contributed by atoms with Crippen LogP contribution in [0.25, 0.3) is 0 Å². The Kier molecular flexibility index (Phi) is 6.13. The van der Waals surface area contributed by atoms with Gasteiger partial charge in [-0.1, -0.05) is 24.3 Å². The first kappa shape index (κ1) is 19.4. The number of sulfonamides is 1. The third kappa shape index (κ3) is 4.48. The molecule has 0 radical (unpaired) electrons. The number of nitrogens with zero attached hydrogens (tertiary/aromatic N) is 1. The SMILES string of the molecule is CCOc1ccccc1CNC(=O)c1cccc(S(=O)(=O)N2CCCC2)c1. The standard InChI is InChI=1S/C20H24N2O4S/c1-2-26-19-11-4-3-8-17(19)15-21-20(23)16-9-7-10-18(14-16)27(24,25)22-12-5-6-13-22/h3-4,7-11,14H,2,5-6,12-13,15H2,1H3,(H,21,23). The number of ether oxygens (including phenoxy) is 1. The molecule has 1 amide bonds. The summed E-state index contributed by atoms with van der Waals surface area (Å²) in [7, 11) is -3.54. The van der Waals surface area contributed by atoms with Crippen molar-refractivity contribution < 1.29 is 17.9 Å². The largest absolute Gasteiger partial charge is 0.494 e. The average Bonchev–Trinajstić information content (AvgIpc) is 3.23. The maximum absolute atomic E-state index is 12.7. The molecule has 0 aromatic heterocycles. The molecule has 144 valence electrons. The molecule has 3 rings (SSSR count). The number of nitrogens with one attached hydrogen (secondary N) is 1. The van der Waals surface area contributed by atoms with Gasteiger partial charge >= 0.3 is 0 Å². The fraction of sp³-hybridized carbons (Fsp3) is 0.350. The molecular formula is C20H24N2O4S. The second kappa shape index (κ2) is 8.54. The van der Waals surface area contributed by atoms with Gasteiger partial charge in [-0.25, -0.2) is 8.42 Å². The monoisotopic (exact) mass is 388 g/mol. The third-order valence-corrected chi connectivity index (χ3v) is 6.41. The highest BCUT2D eigenvalue weighted by molar-refractivity contribution is 7.89. The first-order valence-corrected chi connectivity index (χ1v) is 10.6. The van der Waals surface area contributed by atoms with E-state index < -0.39 is 10.0 Å². The van der Waals surface area contributed by atoms with E-state index in [0.717, 1.165) is 24.2 Å². The number of amides is 1. The van der Waals surface area contributed by atoms with Crippen LogP contribution in [0.15, 0.2) is 53.4 Å². The van der Waals surface area contributed by atoms with Crippen LogP contribution in [0.4, 0.5) is 0 Å². The van der Waals surface area contributed by atoms with E-state index in [1.165, 1.54) is 16.4 Å². The molecular weight excluding hydrogens is 364 g/mol. The van der Waals surface area contributed by atoms with Crippen molar-refractivity contribution in [1.29, 1.82) is 0 Å². The Hall–Kier alpha value is -2.38. The van der Waals surface area contributed by atoms with Crippen molar-refractivity contribution in [3.63, 3.8) is 0 Å². The molecule has 2 aromatic carbocycles. The molecule has 1 heterocycles. The van der Waals surface area contributed by atoms with Gasteiger partial charge in [-0.3, -0.25) is 4.79 Å². The van der Waals surface area contributed by atoms with Gasteiger partial charge in [0, 0.05) is 30.8 Å². The van der Waals surface area contributed by atoms with Crippen LogP contribution in [-0.2, 0) is 16.6 Å². The second-order valence-corrected chi connectivity index (χ2v) is 8.30. The quantitative estimate of drug-likeness (QED) is 0.791. The summed E-state index contributed by atoms with van der Waals surface area (Å²) in [6, 6.07) is 13.7. The van der Waals surface area contributed by atoms with Crippen LogP contribution in [0.1, 0.15) is 35.7 Å². The number of hydrogen-bond donors (Lipinski definition) is 1. The number of hydrogen-bond acceptors (Lipinski definition) is 4. The van der Waals surface area contributed by atoms with Crippen LogP contribution in [0.5, 0.6) is 5.75 Å². The molecule has 0 bridgehead atoms. The summed E-state index contributed by atoms with van der Waals surface area (Å²) in [6.45, 7) is 3.82. The molecule has 6 nitrogen and oxygen atoms in total. The third-order valence-electron chi connectivity index (χ3n) is 4.51. The number of para-hydroxylation sites is 1. The van der Waals surface area contributed by atoms with Gasteiger partial charge in [0.25, 0.3) is 5.91 Å². The number of rotatable bonds is 7. The maximum Gasteiger partial charge on any atom is 0.251 e. The van der Waals surface area contributed by atoms with Crippen molar-refractivity contribution in [3.05, 3.63) is 59.7 Å². The van der Waals surface area contributed by atoms with Crippen molar-refractivity contribution in [2.24, 2.45) is 0 Å². The lowest BCUT2D eigenvalue weighted by molar-refractivity contribution is 0.0950. The molecule has 1 N–H and O–H groups in total. The highest BCUT2D eigenvalue weighted by Gasteiger charge is 2.27. The van der Waals surface area contributed by atoms with Crippen LogP contribution in [0.3, 0.4) is 0 Å². The average molecular weight is 388 g/mol. The Labute approximate surface area is 160 Å². The van der Waals surface area contributed by atoms with Crippen LogP contribution in [-0.4, -0.2) is 38.3 Å². The molecule has 0 atom stereocenters. The highest BCUT2D eigenvalue weighted by Crippen LogP contribution is 2.22. The Morgan fingerprint density at radius 1 is 1.11 bits per heavy atom. The van der Waals surface area contributed by atoms with E-state index in [-0.39, 0.29) is 10.8 Å². The van der Waals surface area contributed by atoms with Crippen molar-refractivity contribution >= 4 is 15.9 Å². The summed E-state index contributed by atoms with van der Waals surface area (Å²) in [5, 5.41) is 2.83. The summed E-state index contributed by atoms with van der Waals surface area (Å²) in [6.07, 6.45) is 1.75. The van der Waals surface area contributed by atoms with Gasteiger partial charge < -0.3 is 10.1 Å². The van der Waals surface area contributed by atoms with E-state index in [1.807, 2.05) is 31.2 Å². The maximum atomic E-state index is 12.7. The van der Waals surface area contributed by atoms with Crippen LogP contribution >= 0.6 is 0 Å².